The van der Waals surface area contributed by atoms with Crippen molar-refractivity contribution >= 4 is 10.1 Å². The Morgan fingerprint density at radius 3 is 1.71 bits per heavy atom. The van der Waals surface area contributed by atoms with E-state index in [9.17, 15) is 13.0 Å². The van der Waals surface area contributed by atoms with E-state index in [1.807, 2.05) is 0 Å². The number of unbranched alkanes of at least 4 members (excludes halogenated alkanes) is 8. The second-order valence-corrected chi connectivity index (χ2v) is 7.25. The third kappa shape index (κ3) is 16.2. The first-order chi connectivity index (χ1) is 9.52. The summed E-state index contributed by atoms with van der Waals surface area (Å²) in [7, 11) is -4.18. The Morgan fingerprint density at radius 2 is 1.29 bits per heavy atom. The standard InChI is InChI=1S/C15H32O4S.K/c1-2-3-4-5-6-7-8-9-12-15(20(17,18)19)13-10-11-14-16;/h15-16H,2-14H2,1H3,(H,17,18,19);/q;+1/p-1. The fourth-order valence-corrected chi connectivity index (χ4v) is 3.33. The first-order valence-electron chi connectivity index (χ1n) is 8.08. The maximum absolute atomic E-state index is 11.1. The van der Waals surface area contributed by atoms with Crippen molar-refractivity contribution in [2.75, 3.05) is 6.61 Å². The normalized spacial score (nSPS) is 12.9. The quantitative estimate of drug-likeness (QED) is 0.284. The average Bonchev–Trinajstić information content (AvgIpc) is 2.38. The van der Waals surface area contributed by atoms with Crippen LogP contribution in [-0.2, 0) is 10.1 Å². The van der Waals surface area contributed by atoms with E-state index in [0.717, 1.165) is 19.3 Å². The summed E-state index contributed by atoms with van der Waals surface area (Å²) in [5.74, 6) is 0. The minimum atomic E-state index is -4.18. The van der Waals surface area contributed by atoms with Crippen molar-refractivity contribution in [3.05, 3.63) is 0 Å². The molecule has 0 radical (unpaired) electrons. The topological polar surface area (TPSA) is 77.4 Å². The van der Waals surface area contributed by atoms with Crippen molar-refractivity contribution in [2.45, 2.75) is 89.2 Å². The van der Waals surface area contributed by atoms with E-state index in [0.29, 0.717) is 25.7 Å². The average molecular weight is 347 g/mol. The summed E-state index contributed by atoms with van der Waals surface area (Å²) in [4.78, 5) is 0. The van der Waals surface area contributed by atoms with Gasteiger partial charge in [0.25, 0.3) is 0 Å². The Hall–Kier alpha value is 1.51. The van der Waals surface area contributed by atoms with Gasteiger partial charge in [0.05, 0.1) is 10.1 Å². The van der Waals surface area contributed by atoms with E-state index < -0.39 is 15.4 Å². The van der Waals surface area contributed by atoms with Gasteiger partial charge in [0, 0.05) is 11.9 Å². The molecule has 0 bridgehead atoms. The van der Waals surface area contributed by atoms with Gasteiger partial charge in [0.2, 0.25) is 0 Å². The van der Waals surface area contributed by atoms with Crippen LogP contribution in [0.1, 0.15) is 84.0 Å². The molecule has 0 saturated heterocycles. The smallest absolute Gasteiger partial charge is 0.748 e. The fourth-order valence-electron chi connectivity index (χ4n) is 2.42. The number of rotatable bonds is 14. The Morgan fingerprint density at radius 1 is 0.857 bits per heavy atom. The van der Waals surface area contributed by atoms with Crippen molar-refractivity contribution in [2.24, 2.45) is 0 Å². The largest absolute Gasteiger partial charge is 1.00 e. The maximum Gasteiger partial charge on any atom is 1.00 e. The first kappa shape index (κ1) is 24.8. The van der Waals surface area contributed by atoms with E-state index in [2.05, 4.69) is 6.92 Å². The van der Waals surface area contributed by atoms with Crippen LogP contribution in [-0.4, -0.2) is 29.9 Å². The van der Waals surface area contributed by atoms with Crippen molar-refractivity contribution in [1.82, 2.24) is 0 Å². The molecule has 122 valence electrons. The van der Waals surface area contributed by atoms with E-state index in [1.54, 1.807) is 0 Å². The summed E-state index contributed by atoms with van der Waals surface area (Å²) in [6.07, 6.45) is 11.3. The molecule has 0 aliphatic heterocycles. The van der Waals surface area contributed by atoms with Crippen LogP contribution in [0.3, 0.4) is 0 Å². The monoisotopic (exact) mass is 346 g/mol. The van der Waals surface area contributed by atoms with Gasteiger partial charge >= 0.3 is 51.4 Å². The molecule has 21 heavy (non-hydrogen) atoms. The van der Waals surface area contributed by atoms with Gasteiger partial charge in [0.1, 0.15) is 0 Å². The zero-order chi connectivity index (χ0) is 15.3. The summed E-state index contributed by atoms with van der Waals surface area (Å²) >= 11 is 0. The SMILES string of the molecule is CCCCCCCCCCC(CCCCO)S(=O)(=O)[O-].[K+]. The van der Waals surface area contributed by atoms with Crippen LogP contribution in [0.2, 0.25) is 0 Å². The molecule has 0 spiro atoms. The summed E-state index contributed by atoms with van der Waals surface area (Å²) < 4.78 is 33.4. The van der Waals surface area contributed by atoms with Crippen molar-refractivity contribution in [3.8, 4) is 0 Å². The Labute approximate surface area is 173 Å². The van der Waals surface area contributed by atoms with Crippen LogP contribution in [0.4, 0.5) is 0 Å². The number of hydrogen-bond acceptors (Lipinski definition) is 4. The summed E-state index contributed by atoms with van der Waals surface area (Å²) in [5, 5.41) is 7.93. The van der Waals surface area contributed by atoms with Gasteiger partial charge in [-0.05, 0) is 25.7 Å². The van der Waals surface area contributed by atoms with E-state index in [1.165, 1.54) is 32.1 Å². The van der Waals surface area contributed by atoms with E-state index >= 15 is 0 Å². The molecule has 6 heteroatoms. The molecule has 0 aliphatic rings. The van der Waals surface area contributed by atoms with Crippen LogP contribution in [0.15, 0.2) is 0 Å². The third-order valence-corrected chi connectivity index (χ3v) is 5.01. The molecule has 0 saturated carbocycles. The van der Waals surface area contributed by atoms with Crippen LogP contribution < -0.4 is 51.4 Å². The number of aliphatic hydroxyl groups is 1. The Kier molecular flexibility index (Phi) is 19.3. The molecule has 0 aromatic rings. The predicted octanol–water partition coefficient (Wildman–Crippen LogP) is 0.598. The van der Waals surface area contributed by atoms with E-state index in [4.69, 9.17) is 5.11 Å². The van der Waals surface area contributed by atoms with Crippen LogP contribution in [0.25, 0.3) is 0 Å². The summed E-state index contributed by atoms with van der Waals surface area (Å²) in [6, 6.07) is 0. The third-order valence-electron chi connectivity index (χ3n) is 3.72. The van der Waals surface area contributed by atoms with Gasteiger partial charge in [-0.15, -0.1) is 0 Å². The second-order valence-electron chi connectivity index (χ2n) is 5.60. The maximum atomic E-state index is 11.1. The molecule has 0 aromatic heterocycles. The van der Waals surface area contributed by atoms with E-state index in [-0.39, 0.29) is 58.0 Å². The molecule has 0 aliphatic carbocycles. The predicted molar refractivity (Wildman–Crippen MR) is 81.6 cm³/mol. The molecular weight excluding hydrogens is 315 g/mol. The molecule has 1 N–H and O–H groups in total. The molecular formula is C15H31KO4S. The molecule has 0 fully saturated rings. The summed E-state index contributed by atoms with van der Waals surface area (Å²) in [5.41, 5.74) is 0. The number of aliphatic hydroxyl groups excluding tert-OH is 1. The van der Waals surface area contributed by atoms with Crippen molar-refractivity contribution < 1.29 is 69.5 Å². The Balaban J connectivity index is 0. The Bertz CT molecular complexity index is 307. The molecule has 4 nitrogen and oxygen atoms in total. The molecule has 0 aromatic carbocycles. The van der Waals surface area contributed by atoms with Gasteiger partial charge < -0.3 is 9.66 Å². The van der Waals surface area contributed by atoms with Crippen LogP contribution in [0.5, 0.6) is 0 Å². The van der Waals surface area contributed by atoms with Gasteiger partial charge in [-0.25, -0.2) is 8.42 Å². The van der Waals surface area contributed by atoms with Crippen LogP contribution in [0, 0.1) is 0 Å². The second kappa shape index (κ2) is 16.4. The number of hydrogen-bond donors (Lipinski definition) is 1. The minimum absolute atomic E-state index is 0. The molecule has 0 rings (SSSR count). The first-order valence-corrected chi connectivity index (χ1v) is 9.55. The molecule has 1 unspecified atom stereocenters. The molecule has 0 heterocycles. The van der Waals surface area contributed by atoms with Gasteiger partial charge in [0.15, 0.2) is 0 Å². The molecule has 0 amide bonds. The van der Waals surface area contributed by atoms with Gasteiger partial charge in [-0.1, -0.05) is 58.3 Å². The van der Waals surface area contributed by atoms with Crippen molar-refractivity contribution in [1.29, 1.82) is 0 Å². The fraction of sp³-hybridized carbons (Fsp3) is 1.00. The zero-order valence-electron chi connectivity index (χ0n) is 13.8. The van der Waals surface area contributed by atoms with Crippen LogP contribution >= 0.6 is 0 Å². The summed E-state index contributed by atoms with van der Waals surface area (Å²) in [6.45, 7) is 2.25. The minimum Gasteiger partial charge on any atom is -0.748 e. The van der Waals surface area contributed by atoms with Crippen molar-refractivity contribution in [3.63, 3.8) is 0 Å². The molecule has 1 atom stereocenters. The van der Waals surface area contributed by atoms with Gasteiger partial charge in [-0.3, -0.25) is 0 Å². The van der Waals surface area contributed by atoms with Gasteiger partial charge in [-0.2, -0.15) is 0 Å². The zero-order valence-corrected chi connectivity index (χ0v) is 17.8.